The minimum atomic E-state index is -3.64. The van der Waals surface area contributed by atoms with Gasteiger partial charge in [-0.05, 0) is 75.4 Å². The second kappa shape index (κ2) is 8.35. The van der Waals surface area contributed by atoms with Crippen LogP contribution in [0.1, 0.15) is 47.7 Å². The second-order valence-corrected chi connectivity index (χ2v) is 9.46. The molecule has 0 aromatic heterocycles. The molecule has 2 rings (SSSR count). The molecule has 2 aromatic rings. The summed E-state index contributed by atoms with van der Waals surface area (Å²) < 4.78 is 26.3. The van der Waals surface area contributed by atoms with Crippen LogP contribution in [0.5, 0.6) is 0 Å². The number of rotatable bonds is 6. The Balaban J connectivity index is 2.31. The lowest BCUT2D eigenvalue weighted by molar-refractivity contribution is -0.122. The van der Waals surface area contributed by atoms with Crippen LogP contribution in [0.4, 0.5) is 5.69 Å². The van der Waals surface area contributed by atoms with Crippen LogP contribution in [0.2, 0.25) is 0 Å². The lowest BCUT2D eigenvalue weighted by atomic mass is 10.0. The lowest BCUT2D eigenvalue weighted by Crippen LogP contribution is -2.48. The van der Waals surface area contributed by atoms with Gasteiger partial charge in [0, 0.05) is 0 Å². The molecule has 6 heteroatoms. The zero-order valence-corrected chi connectivity index (χ0v) is 18.5. The molecule has 0 unspecified atom stereocenters. The quantitative estimate of drug-likeness (QED) is 0.795. The highest BCUT2D eigenvalue weighted by molar-refractivity contribution is 7.92. The van der Waals surface area contributed by atoms with Gasteiger partial charge in [0.05, 0.1) is 18.0 Å². The number of hydrogen-bond acceptors (Lipinski definition) is 3. The highest BCUT2D eigenvalue weighted by Gasteiger charge is 2.30. The number of carbonyl (C=O) groups excluding carboxylic acids is 1. The lowest BCUT2D eigenvalue weighted by Gasteiger charge is -2.30. The van der Waals surface area contributed by atoms with Crippen molar-refractivity contribution < 1.29 is 13.2 Å². The smallest absolute Gasteiger partial charge is 0.244 e. The van der Waals surface area contributed by atoms with E-state index in [0.717, 1.165) is 28.5 Å². The van der Waals surface area contributed by atoms with Gasteiger partial charge < -0.3 is 5.32 Å². The van der Waals surface area contributed by atoms with Crippen LogP contribution in [-0.4, -0.2) is 26.6 Å². The maximum Gasteiger partial charge on any atom is 0.244 e. The number of nitrogens with one attached hydrogen (secondary N) is 1. The van der Waals surface area contributed by atoms with Crippen LogP contribution in [0.25, 0.3) is 0 Å². The average Bonchev–Trinajstić information content (AvgIpc) is 2.59. The molecule has 2 aromatic carbocycles. The number of amides is 1. The van der Waals surface area contributed by atoms with Gasteiger partial charge in [0.15, 0.2) is 0 Å². The summed E-state index contributed by atoms with van der Waals surface area (Å²) in [6.45, 7) is 11.3. The Morgan fingerprint density at radius 2 is 1.54 bits per heavy atom. The maximum atomic E-state index is 12.9. The summed E-state index contributed by atoms with van der Waals surface area (Å²) in [5.41, 5.74) is 5.60. The third-order valence-corrected chi connectivity index (χ3v) is 6.31. The Labute approximate surface area is 168 Å². The van der Waals surface area contributed by atoms with Crippen molar-refractivity contribution >= 4 is 21.6 Å². The van der Waals surface area contributed by atoms with Gasteiger partial charge in [0.25, 0.3) is 0 Å². The van der Waals surface area contributed by atoms with E-state index in [2.05, 4.69) is 5.32 Å². The first-order valence-electron chi connectivity index (χ1n) is 9.36. The normalized spacial score (nSPS) is 13.7. The predicted octanol–water partition coefficient (Wildman–Crippen LogP) is 3.95. The van der Waals surface area contributed by atoms with Crippen LogP contribution in [-0.2, 0) is 14.8 Å². The van der Waals surface area contributed by atoms with E-state index < -0.39 is 16.1 Å². The molecule has 0 fully saturated rings. The highest BCUT2D eigenvalue weighted by Crippen LogP contribution is 2.27. The topological polar surface area (TPSA) is 66.5 Å². The first-order chi connectivity index (χ1) is 12.9. The minimum absolute atomic E-state index is 0.228. The highest BCUT2D eigenvalue weighted by atomic mass is 32.2. The standard InChI is InChI=1S/C22H30N2O3S/c1-14-8-9-16(3)21(12-14)24(28(7,26)27)19(6)22(25)23-18(5)20-11-10-15(2)17(4)13-20/h8-13,18-19H,1-7H3,(H,23,25)/t18-,19+/m0/s1. The molecule has 0 spiro atoms. The van der Waals surface area contributed by atoms with Crippen LogP contribution in [0, 0.1) is 27.7 Å². The molecule has 0 heterocycles. The summed E-state index contributed by atoms with van der Waals surface area (Å²) in [5.74, 6) is -0.336. The number of benzene rings is 2. The number of sulfonamides is 1. The van der Waals surface area contributed by atoms with Gasteiger partial charge in [0.2, 0.25) is 15.9 Å². The SMILES string of the molecule is Cc1ccc(C)c(N([C@H](C)C(=O)N[C@@H](C)c2ccc(C)c(C)c2)S(C)(=O)=O)c1. The number of hydrogen-bond donors (Lipinski definition) is 1. The van der Waals surface area contributed by atoms with Gasteiger partial charge in [0.1, 0.15) is 6.04 Å². The first kappa shape index (κ1) is 22.0. The van der Waals surface area contributed by atoms with Crippen molar-refractivity contribution in [1.29, 1.82) is 0 Å². The molecule has 0 aliphatic heterocycles. The van der Waals surface area contributed by atoms with Crippen molar-refractivity contribution in [2.24, 2.45) is 0 Å². The molecule has 0 radical (unpaired) electrons. The molecule has 0 aliphatic rings. The van der Waals surface area contributed by atoms with Crippen molar-refractivity contribution in [2.45, 2.75) is 53.6 Å². The molecule has 1 N–H and O–H groups in total. The summed E-state index contributed by atoms with van der Waals surface area (Å²) >= 11 is 0. The third-order valence-electron chi connectivity index (χ3n) is 5.08. The summed E-state index contributed by atoms with van der Waals surface area (Å²) in [6.07, 6.45) is 1.13. The van der Waals surface area contributed by atoms with E-state index in [-0.39, 0.29) is 11.9 Å². The molecular weight excluding hydrogens is 372 g/mol. The van der Waals surface area contributed by atoms with Crippen LogP contribution < -0.4 is 9.62 Å². The number of aryl methyl sites for hydroxylation is 4. The van der Waals surface area contributed by atoms with E-state index in [4.69, 9.17) is 0 Å². The average molecular weight is 403 g/mol. The largest absolute Gasteiger partial charge is 0.348 e. The van der Waals surface area contributed by atoms with E-state index in [0.29, 0.717) is 5.69 Å². The second-order valence-electron chi connectivity index (χ2n) is 7.60. The monoisotopic (exact) mass is 402 g/mol. The molecule has 2 atom stereocenters. The molecule has 0 saturated carbocycles. The van der Waals surface area contributed by atoms with Crippen molar-refractivity contribution in [1.82, 2.24) is 5.32 Å². The summed E-state index contributed by atoms with van der Waals surface area (Å²) in [5, 5.41) is 2.95. The molecule has 28 heavy (non-hydrogen) atoms. The van der Waals surface area contributed by atoms with E-state index in [9.17, 15) is 13.2 Å². The van der Waals surface area contributed by atoms with Gasteiger partial charge >= 0.3 is 0 Å². The molecule has 5 nitrogen and oxygen atoms in total. The summed E-state index contributed by atoms with van der Waals surface area (Å²) in [4.78, 5) is 12.9. The maximum absolute atomic E-state index is 12.9. The van der Waals surface area contributed by atoms with Crippen molar-refractivity contribution in [3.05, 3.63) is 64.2 Å². The summed E-state index contributed by atoms with van der Waals surface area (Å²) in [6, 6.07) is 10.5. The predicted molar refractivity (Wildman–Crippen MR) is 115 cm³/mol. The Bertz CT molecular complexity index is 983. The molecule has 1 amide bonds. The number of carbonyl (C=O) groups is 1. The molecule has 0 aliphatic carbocycles. The minimum Gasteiger partial charge on any atom is -0.348 e. The van der Waals surface area contributed by atoms with Gasteiger partial charge in [-0.3, -0.25) is 9.10 Å². The van der Waals surface area contributed by atoms with Crippen LogP contribution in [0.15, 0.2) is 36.4 Å². The zero-order chi connectivity index (χ0) is 21.2. The van der Waals surface area contributed by atoms with E-state index in [1.807, 2.05) is 65.0 Å². The Morgan fingerprint density at radius 3 is 2.11 bits per heavy atom. The number of nitrogens with zero attached hydrogens (tertiary/aromatic N) is 1. The van der Waals surface area contributed by atoms with E-state index in [1.54, 1.807) is 13.0 Å². The molecule has 152 valence electrons. The van der Waals surface area contributed by atoms with Gasteiger partial charge in [-0.2, -0.15) is 0 Å². The van der Waals surface area contributed by atoms with Crippen LogP contribution >= 0.6 is 0 Å². The van der Waals surface area contributed by atoms with Gasteiger partial charge in [-0.15, -0.1) is 0 Å². The fourth-order valence-corrected chi connectivity index (χ4v) is 4.41. The summed E-state index contributed by atoms with van der Waals surface area (Å²) in [7, 11) is -3.64. The van der Waals surface area contributed by atoms with Gasteiger partial charge in [-0.25, -0.2) is 8.42 Å². The fraction of sp³-hybridized carbons (Fsp3) is 0.409. The van der Waals surface area contributed by atoms with Crippen molar-refractivity contribution in [2.75, 3.05) is 10.6 Å². The Kier molecular flexibility index (Phi) is 6.55. The van der Waals surface area contributed by atoms with Crippen LogP contribution in [0.3, 0.4) is 0 Å². The molecule has 0 bridgehead atoms. The van der Waals surface area contributed by atoms with Gasteiger partial charge in [-0.1, -0.05) is 30.3 Å². The Hall–Kier alpha value is -2.34. The van der Waals surface area contributed by atoms with E-state index >= 15 is 0 Å². The zero-order valence-electron chi connectivity index (χ0n) is 17.7. The molecule has 0 saturated heterocycles. The van der Waals surface area contributed by atoms with Crippen molar-refractivity contribution in [3.8, 4) is 0 Å². The first-order valence-corrected chi connectivity index (χ1v) is 11.2. The fourth-order valence-electron chi connectivity index (χ4n) is 3.19. The third kappa shape index (κ3) is 4.93. The molecular formula is C22H30N2O3S. The number of anilines is 1. The Morgan fingerprint density at radius 1 is 0.929 bits per heavy atom. The van der Waals surface area contributed by atoms with Crippen molar-refractivity contribution in [3.63, 3.8) is 0 Å². The van der Waals surface area contributed by atoms with E-state index in [1.165, 1.54) is 9.87 Å².